The number of aromatic nitrogens is 1. The van der Waals surface area contributed by atoms with Crippen molar-refractivity contribution in [3.8, 4) is 0 Å². The van der Waals surface area contributed by atoms with E-state index in [1.54, 1.807) is 6.08 Å². The zero-order valence-electron chi connectivity index (χ0n) is 19.9. The van der Waals surface area contributed by atoms with Gasteiger partial charge in [0.15, 0.2) is 0 Å². The number of benzene rings is 3. The second-order valence-corrected chi connectivity index (χ2v) is 9.65. The van der Waals surface area contributed by atoms with Gasteiger partial charge in [0, 0.05) is 35.2 Å². The summed E-state index contributed by atoms with van der Waals surface area (Å²) in [6.45, 7) is 0.651. The fraction of sp³-hybridized carbons (Fsp3) is 0.233. The van der Waals surface area contributed by atoms with E-state index in [1.807, 2.05) is 42.6 Å². The van der Waals surface area contributed by atoms with Gasteiger partial charge in [-0.2, -0.15) is 0 Å². The minimum atomic E-state index is -0.636. The zero-order chi connectivity index (χ0) is 24.6. The van der Waals surface area contributed by atoms with Crippen LogP contribution in [0.15, 0.2) is 78.5 Å². The minimum absolute atomic E-state index is 0.00763. The summed E-state index contributed by atoms with van der Waals surface area (Å²) in [5.41, 5.74) is 2.99. The number of hydrogen-bond acceptors (Lipinski definition) is 3. The Morgan fingerprint density at radius 3 is 2.39 bits per heavy atom. The van der Waals surface area contributed by atoms with Gasteiger partial charge in [-0.25, -0.2) is 4.79 Å². The molecule has 6 heteroatoms. The van der Waals surface area contributed by atoms with E-state index in [0.717, 1.165) is 48.6 Å². The number of amides is 4. The summed E-state index contributed by atoms with van der Waals surface area (Å²) < 4.78 is 2.15. The molecule has 0 atom stereocenters. The van der Waals surface area contributed by atoms with Crippen LogP contribution in [0, 0.1) is 0 Å². The van der Waals surface area contributed by atoms with E-state index >= 15 is 0 Å². The number of carbonyl (C=O) groups is 3. The van der Waals surface area contributed by atoms with Gasteiger partial charge < -0.3 is 4.57 Å². The van der Waals surface area contributed by atoms with E-state index < -0.39 is 17.8 Å². The fourth-order valence-electron chi connectivity index (χ4n) is 5.63. The Morgan fingerprint density at radius 2 is 1.56 bits per heavy atom. The molecule has 0 bridgehead atoms. The highest BCUT2D eigenvalue weighted by molar-refractivity contribution is 6.31. The van der Waals surface area contributed by atoms with Gasteiger partial charge in [-0.15, -0.1) is 0 Å². The number of hydrogen-bond donors (Lipinski definition) is 1. The van der Waals surface area contributed by atoms with Gasteiger partial charge in [-0.3, -0.25) is 19.8 Å². The van der Waals surface area contributed by atoms with Crippen molar-refractivity contribution < 1.29 is 14.4 Å². The maximum Gasteiger partial charge on any atom is 0.331 e. The van der Waals surface area contributed by atoms with Crippen LogP contribution in [0.5, 0.6) is 0 Å². The Labute approximate surface area is 209 Å². The third-order valence-electron chi connectivity index (χ3n) is 7.41. The van der Waals surface area contributed by atoms with Crippen molar-refractivity contribution in [1.82, 2.24) is 14.8 Å². The van der Waals surface area contributed by atoms with E-state index in [-0.39, 0.29) is 11.6 Å². The predicted molar refractivity (Wildman–Crippen MR) is 140 cm³/mol. The van der Waals surface area contributed by atoms with Crippen molar-refractivity contribution in [2.75, 3.05) is 0 Å². The van der Waals surface area contributed by atoms with Crippen molar-refractivity contribution in [3.63, 3.8) is 0 Å². The van der Waals surface area contributed by atoms with Crippen LogP contribution in [-0.2, 0) is 16.1 Å². The summed E-state index contributed by atoms with van der Waals surface area (Å²) in [4.78, 5) is 40.0. The summed E-state index contributed by atoms with van der Waals surface area (Å²) in [5.74, 6) is -1.13. The molecule has 6 rings (SSSR count). The number of para-hydroxylation sites is 1. The van der Waals surface area contributed by atoms with Crippen molar-refractivity contribution in [2.24, 2.45) is 0 Å². The Kier molecular flexibility index (Phi) is 5.64. The quantitative estimate of drug-likeness (QED) is 0.306. The number of nitrogens with zero attached hydrogens (tertiary/aromatic N) is 2. The van der Waals surface area contributed by atoms with Crippen LogP contribution in [0.3, 0.4) is 0 Å². The van der Waals surface area contributed by atoms with Crippen LogP contribution in [-0.4, -0.2) is 33.4 Å². The number of fused-ring (bicyclic) bond motifs is 2. The lowest BCUT2D eigenvalue weighted by Crippen LogP contribution is -2.58. The zero-order valence-corrected chi connectivity index (χ0v) is 19.9. The van der Waals surface area contributed by atoms with Crippen molar-refractivity contribution >= 4 is 45.6 Å². The lowest BCUT2D eigenvalue weighted by Gasteiger charge is -2.35. The SMILES string of the molecule is O=C1NC(=O)N(C2CCCCC2)C(=O)/C1=C/c1cn(Cc2cccc3ccccc23)c2ccccc12. The highest BCUT2D eigenvalue weighted by atomic mass is 16.2. The van der Waals surface area contributed by atoms with Crippen LogP contribution < -0.4 is 5.32 Å². The predicted octanol–water partition coefficient (Wildman–Crippen LogP) is 5.64. The molecule has 180 valence electrons. The molecule has 2 fully saturated rings. The first-order chi connectivity index (χ1) is 17.6. The summed E-state index contributed by atoms with van der Waals surface area (Å²) in [7, 11) is 0. The third kappa shape index (κ3) is 3.88. The molecule has 1 N–H and O–H groups in total. The van der Waals surface area contributed by atoms with E-state index in [1.165, 1.54) is 21.2 Å². The Bertz CT molecular complexity index is 1540. The largest absolute Gasteiger partial charge is 0.342 e. The molecule has 2 aliphatic rings. The summed E-state index contributed by atoms with van der Waals surface area (Å²) in [6, 6.07) is 21.8. The van der Waals surface area contributed by atoms with Gasteiger partial charge in [-0.1, -0.05) is 79.9 Å². The summed E-state index contributed by atoms with van der Waals surface area (Å²) in [5, 5.41) is 5.73. The van der Waals surface area contributed by atoms with Gasteiger partial charge in [0.1, 0.15) is 5.57 Å². The average molecular weight is 478 g/mol. The first-order valence-corrected chi connectivity index (χ1v) is 12.6. The normalized spacial score (nSPS) is 18.4. The smallest absolute Gasteiger partial charge is 0.331 e. The van der Waals surface area contributed by atoms with Gasteiger partial charge in [-0.05, 0) is 41.3 Å². The lowest BCUT2D eigenvalue weighted by atomic mass is 9.93. The Morgan fingerprint density at radius 1 is 0.833 bits per heavy atom. The van der Waals surface area contributed by atoms with Crippen molar-refractivity contribution in [3.05, 3.63) is 89.6 Å². The van der Waals surface area contributed by atoms with E-state index in [2.05, 4.69) is 40.2 Å². The molecular formula is C30H27N3O3. The maximum atomic E-state index is 13.4. The van der Waals surface area contributed by atoms with E-state index in [9.17, 15) is 14.4 Å². The van der Waals surface area contributed by atoms with Crippen molar-refractivity contribution in [2.45, 2.75) is 44.7 Å². The second kappa shape index (κ2) is 9.11. The number of carbonyl (C=O) groups excluding carboxylic acids is 3. The number of barbiturate groups is 1. The molecule has 1 aromatic heterocycles. The molecule has 2 heterocycles. The lowest BCUT2D eigenvalue weighted by molar-refractivity contribution is -0.132. The molecule has 0 unspecified atom stereocenters. The summed E-state index contributed by atoms with van der Waals surface area (Å²) in [6.07, 6.45) is 8.27. The van der Waals surface area contributed by atoms with Crippen LogP contribution in [0.2, 0.25) is 0 Å². The van der Waals surface area contributed by atoms with Gasteiger partial charge in [0.2, 0.25) is 0 Å². The first-order valence-electron chi connectivity index (χ1n) is 12.6. The van der Waals surface area contributed by atoms with Crippen molar-refractivity contribution in [1.29, 1.82) is 0 Å². The number of urea groups is 1. The number of rotatable bonds is 4. The molecule has 36 heavy (non-hydrogen) atoms. The topological polar surface area (TPSA) is 71.4 Å². The van der Waals surface area contributed by atoms with E-state index in [4.69, 9.17) is 0 Å². The fourth-order valence-corrected chi connectivity index (χ4v) is 5.63. The van der Waals surface area contributed by atoms with E-state index in [0.29, 0.717) is 6.54 Å². The molecule has 3 aromatic carbocycles. The molecule has 6 nitrogen and oxygen atoms in total. The Hall–Kier alpha value is -4.19. The molecule has 4 aromatic rings. The van der Waals surface area contributed by atoms with Gasteiger partial charge in [0.05, 0.1) is 0 Å². The monoisotopic (exact) mass is 477 g/mol. The summed E-state index contributed by atoms with van der Waals surface area (Å²) >= 11 is 0. The molecule has 0 radical (unpaired) electrons. The van der Waals surface area contributed by atoms with Crippen LogP contribution >= 0.6 is 0 Å². The minimum Gasteiger partial charge on any atom is -0.342 e. The number of imide groups is 2. The Balaban J connectivity index is 1.40. The average Bonchev–Trinajstić information content (AvgIpc) is 3.24. The molecule has 0 spiro atoms. The van der Waals surface area contributed by atoms with Gasteiger partial charge in [0.25, 0.3) is 11.8 Å². The molecule has 1 aliphatic carbocycles. The van der Waals surface area contributed by atoms with Crippen LogP contribution in [0.4, 0.5) is 4.79 Å². The number of nitrogens with one attached hydrogen (secondary N) is 1. The van der Waals surface area contributed by atoms with Crippen LogP contribution in [0.25, 0.3) is 27.8 Å². The molecule has 1 saturated carbocycles. The third-order valence-corrected chi connectivity index (χ3v) is 7.41. The highest BCUT2D eigenvalue weighted by Crippen LogP contribution is 2.29. The molecule has 4 amide bonds. The maximum absolute atomic E-state index is 13.4. The van der Waals surface area contributed by atoms with Crippen LogP contribution in [0.1, 0.15) is 43.2 Å². The van der Waals surface area contributed by atoms with Gasteiger partial charge >= 0.3 is 6.03 Å². The molecule has 1 aliphatic heterocycles. The molecular weight excluding hydrogens is 450 g/mol. The second-order valence-electron chi connectivity index (χ2n) is 9.65. The highest BCUT2D eigenvalue weighted by Gasteiger charge is 2.40. The first kappa shape index (κ1) is 22.3. The standard InChI is InChI=1S/C30H27N3O3/c34-28-26(29(35)33(30(36)31-28)23-12-2-1-3-13-23)17-22-19-32(27-16-7-6-15-25(22)27)18-21-11-8-10-20-9-4-5-14-24(20)21/h4-11,14-17,19,23H,1-3,12-13,18H2,(H,31,34,36)/b26-17+. The molecule has 1 saturated heterocycles.